The molecule has 0 saturated carbocycles. The third-order valence-corrected chi connectivity index (χ3v) is 4.46. The Morgan fingerprint density at radius 1 is 1.17 bits per heavy atom. The van der Waals surface area contributed by atoms with Gasteiger partial charge in [0.05, 0.1) is 20.6 Å². The maximum atomic E-state index is 13.9. The Balaban J connectivity index is 3.54. The lowest BCUT2D eigenvalue weighted by molar-refractivity contribution is -0.251. The summed E-state index contributed by atoms with van der Waals surface area (Å²) in [4.78, 5) is 11.6. The van der Waals surface area contributed by atoms with Crippen LogP contribution in [0.25, 0.3) is 0 Å². The van der Waals surface area contributed by atoms with Gasteiger partial charge in [0.1, 0.15) is 5.75 Å². The molecular weight excluding hydrogens is 341 g/mol. The zero-order chi connectivity index (χ0) is 18.8. The normalized spacial score (nSPS) is 14.9. The lowest BCUT2D eigenvalue weighted by atomic mass is 9.89. The van der Waals surface area contributed by atoms with Crippen molar-refractivity contribution in [3.05, 3.63) is 29.3 Å². The molecule has 24 heavy (non-hydrogen) atoms. The van der Waals surface area contributed by atoms with E-state index < -0.39 is 26.1 Å². The zero-order valence-electron chi connectivity index (χ0n) is 14.7. The van der Waals surface area contributed by atoms with Crippen molar-refractivity contribution in [2.45, 2.75) is 44.8 Å². The quantitative estimate of drug-likeness (QED) is 0.564. The first-order valence-electron chi connectivity index (χ1n) is 7.35. The molecule has 0 fully saturated rings. The van der Waals surface area contributed by atoms with Gasteiger partial charge < -0.3 is 13.9 Å². The molecule has 136 valence electrons. The Labute approximate surface area is 141 Å². The summed E-state index contributed by atoms with van der Waals surface area (Å²) in [6.45, 7) is 6.04. The van der Waals surface area contributed by atoms with E-state index in [9.17, 15) is 18.0 Å². The van der Waals surface area contributed by atoms with E-state index in [0.717, 1.165) is 6.92 Å². The van der Waals surface area contributed by atoms with Crippen molar-refractivity contribution in [1.29, 1.82) is 0 Å². The van der Waals surface area contributed by atoms with E-state index in [1.54, 1.807) is 19.6 Å². The monoisotopic (exact) mass is 364 g/mol. The van der Waals surface area contributed by atoms with Crippen molar-refractivity contribution in [2.75, 3.05) is 14.2 Å². The predicted molar refractivity (Wildman–Crippen MR) is 86.6 cm³/mol. The van der Waals surface area contributed by atoms with Crippen molar-refractivity contribution in [3.63, 3.8) is 0 Å². The van der Waals surface area contributed by atoms with Crippen LogP contribution in [0.15, 0.2) is 18.2 Å². The number of methoxy groups -OCH3 is 2. The van der Waals surface area contributed by atoms with Crippen LogP contribution in [0.2, 0.25) is 19.6 Å². The number of hydrogen-bond acceptors (Lipinski definition) is 4. The molecule has 0 amide bonds. The molecule has 1 aromatic carbocycles. The van der Waals surface area contributed by atoms with E-state index in [0.29, 0.717) is 5.75 Å². The van der Waals surface area contributed by atoms with Gasteiger partial charge in [-0.3, -0.25) is 4.79 Å². The summed E-state index contributed by atoms with van der Waals surface area (Å²) >= 11 is 0. The van der Waals surface area contributed by atoms with E-state index in [1.165, 1.54) is 32.4 Å². The Hall–Kier alpha value is -1.54. The Bertz CT molecular complexity index is 596. The van der Waals surface area contributed by atoms with Gasteiger partial charge in [0.2, 0.25) is 0 Å². The number of esters is 1. The predicted octanol–water partition coefficient (Wildman–Crippen LogP) is 4.04. The van der Waals surface area contributed by atoms with Crippen LogP contribution in [0.5, 0.6) is 5.75 Å². The van der Waals surface area contributed by atoms with Gasteiger partial charge in [-0.05, 0) is 49.8 Å². The highest BCUT2D eigenvalue weighted by atomic mass is 28.4. The summed E-state index contributed by atoms with van der Waals surface area (Å²) in [5.41, 5.74) is -2.46. The second kappa shape index (κ2) is 7.14. The molecule has 1 rings (SSSR count). The average Bonchev–Trinajstić information content (AvgIpc) is 2.43. The average molecular weight is 364 g/mol. The van der Waals surface area contributed by atoms with Crippen molar-refractivity contribution in [2.24, 2.45) is 0 Å². The first-order chi connectivity index (χ1) is 10.8. The largest absolute Gasteiger partial charge is 0.497 e. The summed E-state index contributed by atoms with van der Waals surface area (Å²) in [7, 11) is 0.0397. The molecule has 0 aromatic heterocycles. The summed E-state index contributed by atoms with van der Waals surface area (Å²) in [5, 5.41) is 0. The van der Waals surface area contributed by atoms with E-state index in [2.05, 4.69) is 4.74 Å². The maximum absolute atomic E-state index is 13.9. The van der Waals surface area contributed by atoms with Gasteiger partial charge in [-0.25, -0.2) is 0 Å². The van der Waals surface area contributed by atoms with Crippen LogP contribution in [0.3, 0.4) is 0 Å². The van der Waals surface area contributed by atoms with Gasteiger partial charge in [-0.1, -0.05) is 6.07 Å². The van der Waals surface area contributed by atoms with Crippen LogP contribution in [-0.4, -0.2) is 34.7 Å². The van der Waals surface area contributed by atoms with Crippen molar-refractivity contribution in [3.8, 4) is 5.75 Å². The molecule has 0 bridgehead atoms. The standard InChI is InChI=1S/C16H23F3O4Si/c1-15(16(17,18)19,23-24(4,5)6)13-8-7-12(21-2)9-11(13)10-14(20)22-3/h7-9H,10H2,1-6H3. The lowest BCUT2D eigenvalue weighted by Crippen LogP contribution is -2.49. The first-order valence-corrected chi connectivity index (χ1v) is 10.8. The fourth-order valence-electron chi connectivity index (χ4n) is 2.41. The van der Waals surface area contributed by atoms with Gasteiger partial charge in [0, 0.05) is 0 Å². The Morgan fingerprint density at radius 3 is 2.17 bits per heavy atom. The van der Waals surface area contributed by atoms with Crippen LogP contribution >= 0.6 is 0 Å². The summed E-state index contributed by atoms with van der Waals surface area (Å²) in [6, 6.07) is 4.13. The summed E-state index contributed by atoms with van der Waals surface area (Å²) < 4.78 is 56.7. The smallest absolute Gasteiger partial charge is 0.420 e. The summed E-state index contributed by atoms with van der Waals surface area (Å²) in [5.74, 6) is -0.280. The van der Waals surface area contributed by atoms with Gasteiger partial charge in [0.25, 0.3) is 0 Å². The Morgan fingerprint density at radius 2 is 1.75 bits per heavy atom. The molecule has 0 N–H and O–H groups in total. The van der Waals surface area contributed by atoms with E-state index in [4.69, 9.17) is 9.16 Å². The van der Waals surface area contributed by atoms with Crippen LogP contribution in [0.4, 0.5) is 13.2 Å². The fraction of sp³-hybridized carbons (Fsp3) is 0.562. The van der Waals surface area contributed by atoms with E-state index in [-0.39, 0.29) is 17.5 Å². The molecule has 0 saturated heterocycles. The molecule has 0 radical (unpaired) electrons. The minimum Gasteiger partial charge on any atom is -0.497 e. The number of carbonyl (C=O) groups excluding carboxylic acids is 1. The van der Waals surface area contributed by atoms with Gasteiger partial charge in [-0.15, -0.1) is 0 Å². The topological polar surface area (TPSA) is 44.8 Å². The minimum absolute atomic E-state index is 0.108. The van der Waals surface area contributed by atoms with Crippen molar-refractivity contribution < 1.29 is 31.9 Å². The highest BCUT2D eigenvalue weighted by Gasteiger charge is 2.56. The maximum Gasteiger partial charge on any atom is 0.420 e. The van der Waals surface area contributed by atoms with Crippen molar-refractivity contribution >= 4 is 14.3 Å². The number of rotatable bonds is 6. The highest BCUT2D eigenvalue weighted by Crippen LogP contribution is 2.45. The van der Waals surface area contributed by atoms with Crippen LogP contribution in [0, 0.1) is 0 Å². The molecule has 8 heteroatoms. The fourth-order valence-corrected chi connectivity index (χ4v) is 3.86. The molecule has 0 aliphatic rings. The van der Waals surface area contributed by atoms with Crippen LogP contribution < -0.4 is 4.74 Å². The molecule has 0 heterocycles. The van der Waals surface area contributed by atoms with Crippen LogP contribution in [0.1, 0.15) is 18.1 Å². The van der Waals surface area contributed by atoms with E-state index >= 15 is 0 Å². The number of alkyl halides is 3. The Kier molecular flexibility index (Phi) is 6.10. The minimum atomic E-state index is -4.65. The second-order valence-electron chi connectivity index (χ2n) is 6.52. The molecule has 0 aliphatic heterocycles. The second-order valence-corrected chi connectivity index (χ2v) is 11.0. The molecule has 1 atom stereocenters. The van der Waals surface area contributed by atoms with E-state index in [1.807, 2.05) is 0 Å². The SMILES string of the molecule is COC(=O)Cc1cc(OC)ccc1C(C)(O[Si](C)(C)C)C(F)(F)F. The van der Waals surface area contributed by atoms with Crippen LogP contribution in [-0.2, 0) is 26.0 Å². The number of benzene rings is 1. The number of carbonyl (C=O) groups is 1. The molecule has 4 nitrogen and oxygen atoms in total. The third kappa shape index (κ3) is 4.73. The summed E-state index contributed by atoms with van der Waals surface area (Å²) in [6.07, 6.45) is -4.95. The number of ether oxygens (including phenoxy) is 2. The molecular formula is C16H23F3O4Si. The lowest BCUT2D eigenvalue weighted by Gasteiger charge is -2.39. The zero-order valence-corrected chi connectivity index (χ0v) is 15.7. The van der Waals surface area contributed by atoms with Gasteiger partial charge in [-0.2, -0.15) is 13.2 Å². The number of hydrogen-bond donors (Lipinski definition) is 0. The third-order valence-electron chi connectivity index (χ3n) is 3.44. The van der Waals surface area contributed by atoms with Gasteiger partial charge >= 0.3 is 12.1 Å². The van der Waals surface area contributed by atoms with Crippen molar-refractivity contribution in [1.82, 2.24) is 0 Å². The molecule has 0 spiro atoms. The highest BCUT2D eigenvalue weighted by molar-refractivity contribution is 6.69. The molecule has 0 aliphatic carbocycles. The first kappa shape index (κ1) is 20.5. The van der Waals surface area contributed by atoms with Gasteiger partial charge in [0.15, 0.2) is 13.9 Å². The molecule has 1 aromatic rings. The number of halogens is 3. The molecule has 1 unspecified atom stereocenters.